The molecule has 206 valence electrons. The lowest BCUT2D eigenvalue weighted by Gasteiger charge is -2.42. The Morgan fingerprint density at radius 2 is 1.92 bits per heavy atom. The zero-order valence-electron chi connectivity index (χ0n) is 22.3. The number of rotatable bonds is 9. The van der Waals surface area contributed by atoms with E-state index in [0.29, 0.717) is 5.52 Å². The molecule has 3 unspecified atom stereocenters. The first-order chi connectivity index (χ1) is 17.6. The molecule has 0 bridgehead atoms. The lowest BCUT2D eigenvalue weighted by molar-refractivity contribution is -0.181. The van der Waals surface area contributed by atoms with Gasteiger partial charge in [-0.3, -0.25) is 14.4 Å². The van der Waals surface area contributed by atoms with Crippen molar-refractivity contribution in [3.05, 3.63) is 24.2 Å². The van der Waals surface area contributed by atoms with Crippen molar-refractivity contribution in [1.82, 2.24) is 14.6 Å². The number of aliphatic carboxylic acids is 1. The predicted octanol–water partition coefficient (Wildman–Crippen LogP) is 1.46. The Balaban J connectivity index is 2.06. The highest BCUT2D eigenvalue weighted by Crippen LogP contribution is 2.57. The van der Waals surface area contributed by atoms with Crippen LogP contribution in [0.15, 0.2) is 18.5 Å². The summed E-state index contributed by atoms with van der Waals surface area (Å²) in [5.74, 6) is -4.56. The van der Waals surface area contributed by atoms with Gasteiger partial charge < -0.3 is 30.8 Å². The van der Waals surface area contributed by atoms with Gasteiger partial charge in [-0.25, -0.2) is 9.50 Å². The Kier molecular flexibility index (Phi) is 7.72. The van der Waals surface area contributed by atoms with Crippen LogP contribution < -0.4 is 11.5 Å². The van der Waals surface area contributed by atoms with Crippen LogP contribution in [0.3, 0.4) is 0 Å². The standard InChI is InChI=1S/C25H34N6O7/c1-13(2)17(27)20(32)36-12-37-22(35)24(5,6)18-14(23(3,4)21(33)34)9-38-25(18,10-26)16-8-7-15-19(28)29-11-30-31(15)16/h7-8,11,13-14,17-18H,9,12,27H2,1-6H3,(H,33,34)(H2,28,29,30)/t14?,17-,18?,25?/m0/s1. The molecule has 2 aromatic heterocycles. The highest BCUT2D eigenvalue weighted by atomic mass is 16.7. The van der Waals surface area contributed by atoms with E-state index in [4.69, 9.17) is 25.7 Å². The fraction of sp³-hybridized carbons (Fsp3) is 0.600. The number of esters is 2. The van der Waals surface area contributed by atoms with E-state index >= 15 is 0 Å². The van der Waals surface area contributed by atoms with Crippen molar-refractivity contribution >= 4 is 29.2 Å². The highest BCUT2D eigenvalue weighted by molar-refractivity contribution is 5.79. The molecule has 0 radical (unpaired) electrons. The van der Waals surface area contributed by atoms with Gasteiger partial charge in [-0.15, -0.1) is 0 Å². The molecule has 0 aromatic carbocycles. The van der Waals surface area contributed by atoms with E-state index < -0.39 is 59.0 Å². The molecule has 2 aromatic rings. The van der Waals surface area contributed by atoms with Gasteiger partial charge in [0, 0.05) is 11.8 Å². The molecular formula is C25H34N6O7. The number of aromatic nitrogens is 3. The number of nitrogens with two attached hydrogens (primary N) is 2. The summed E-state index contributed by atoms with van der Waals surface area (Å²) < 4.78 is 17.8. The number of nitrogens with zero attached hydrogens (tertiary/aromatic N) is 4. The largest absolute Gasteiger partial charge is 0.481 e. The van der Waals surface area contributed by atoms with E-state index in [2.05, 4.69) is 16.2 Å². The number of hydrogen-bond donors (Lipinski definition) is 3. The van der Waals surface area contributed by atoms with E-state index in [1.165, 1.54) is 38.5 Å². The number of carboxylic acids is 1. The van der Waals surface area contributed by atoms with Crippen molar-refractivity contribution in [2.24, 2.45) is 34.3 Å². The number of carbonyl (C=O) groups excluding carboxylic acids is 2. The van der Waals surface area contributed by atoms with Gasteiger partial charge in [0.2, 0.25) is 12.4 Å². The fourth-order valence-electron chi connectivity index (χ4n) is 4.93. The molecule has 0 spiro atoms. The lowest BCUT2D eigenvalue weighted by atomic mass is 9.58. The van der Waals surface area contributed by atoms with Gasteiger partial charge in [-0.1, -0.05) is 13.8 Å². The molecular weight excluding hydrogens is 496 g/mol. The monoisotopic (exact) mass is 530 g/mol. The SMILES string of the molecule is CC(C)[C@H](N)C(=O)OCOC(=O)C(C)(C)C1C(C(C)(C)C(=O)O)COC1(C#N)c1ccc2c(N)ncnn12. The summed E-state index contributed by atoms with van der Waals surface area (Å²) in [6, 6.07) is 4.50. The van der Waals surface area contributed by atoms with Gasteiger partial charge in [0.15, 0.2) is 5.82 Å². The number of carboxylic acid groups (broad SMARTS) is 1. The Labute approximate surface area is 220 Å². The summed E-state index contributed by atoms with van der Waals surface area (Å²) in [4.78, 5) is 41.8. The molecule has 1 aliphatic heterocycles. The molecule has 1 saturated heterocycles. The Hall–Kier alpha value is -3.76. The zero-order chi connectivity index (χ0) is 28.6. The first-order valence-corrected chi connectivity index (χ1v) is 12.1. The molecule has 0 amide bonds. The van der Waals surface area contributed by atoms with Gasteiger partial charge in [0.1, 0.15) is 24.0 Å². The number of anilines is 1. The number of ether oxygens (including phenoxy) is 3. The molecule has 38 heavy (non-hydrogen) atoms. The van der Waals surface area contributed by atoms with E-state index in [1.54, 1.807) is 26.0 Å². The van der Waals surface area contributed by atoms with Crippen LogP contribution in [0.4, 0.5) is 5.82 Å². The minimum absolute atomic E-state index is 0.139. The van der Waals surface area contributed by atoms with Crippen LogP contribution in [0, 0.1) is 39.9 Å². The molecule has 5 N–H and O–H groups in total. The molecule has 13 nitrogen and oxygen atoms in total. The molecule has 4 atom stereocenters. The number of nitriles is 1. The van der Waals surface area contributed by atoms with E-state index in [1.807, 2.05) is 0 Å². The zero-order valence-corrected chi connectivity index (χ0v) is 22.3. The summed E-state index contributed by atoms with van der Waals surface area (Å²) in [5, 5.41) is 24.8. The molecule has 13 heteroatoms. The van der Waals surface area contributed by atoms with Gasteiger partial charge >= 0.3 is 17.9 Å². The quantitative estimate of drug-likeness (QED) is 0.311. The summed E-state index contributed by atoms with van der Waals surface area (Å²) in [7, 11) is 0. The van der Waals surface area contributed by atoms with Crippen LogP contribution in [0.25, 0.3) is 5.52 Å². The Morgan fingerprint density at radius 3 is 2.50 bits per heavy atom. The second-order valence-electron chi connectivity index (χ2n) is 10.9. The van der Waals surface area contributed by atoms with E-state index in [9.17, 15) is 24.8 Å². The summed E-state index contributed by atoms with van der Waals surface area (Å²) in [6.45, 7) is 8.75. The summed E-state index contributed by atoms with van der Waals surface area (Å²) in [6.07, 6.45) is 1.22. The van der Waals surface area contributed by atoms with Gasteiger partial charge in [-0.2, -0.15) is 10.4 Å². The number of fused-ring (bicyclic) bond motifs is 1. The van der Waals surface area contributed by atoms with Gasteiger partial charge in [0.05, 0.1) is 23.1 Å². The number of nitrogen functional groups attached to an aromatic ring is 1. The van der Waals surface area contributed by atoms with Crippen molar-refractivity contribution in [3.63, 3.8) is 0 Å². The molecule has 1 fully saturated rings. The second kappa shape index (κ2) is 10.2. The fourth-order valence-corrected chi connectivity index (χ4v) is 4.93. The summed E-state index contributed by atoms with van der Waals surface area (Å²) in [5.41, 5.74) is 7.70. The van der Waals surface area contributed by atoms with Crippen LogP contribution in [-0.4, -0.2) is 57.1 Å². The topological polar surface area (TPSA) is 205 Å². The van der Waals surface area contributed by atoms with Crippen molar-refractivity contribution < 1.29 is 33.7 Å². The Bertz CT molecular complexity index is 1280. The molecule has 3 heterocycles. The molecule has 3 rings (SSSR count). The lowest BCUT2D eigenvalue weighted by Crippen LogP contribution is -2.51. The van der Waals surface area contributed by atoms with Gasteiger partial charge in [-0.05, 0) is 45.7 Å². The first-order valence-electron chi connectivity index (χ1n) is 12.1. The van der Waals surface area contributed by atoms with Crippen LogP contribution in [0.5, 0.6) is 0 Å². The van der Waals surface area contributed by atoms with Crippen molar-refractivity contribution in [2.45, 2.75) is 53.2 Å². The first kappa shape index (κ1) is 28.8. The second-order valence-corrected chi connectivity index (χ2v) is 10.9. The average Bonchev–Trinajstić information content (AvgIpc) is 3.47. The van der Waals surface area contributed by atoms with Crippen LogP contribution in [0.1, 0.15) is 47.2 Å². The average molecular weight is 531 g/mol. The number of carbonyl (C=O) groups is 3. The predicted molar refractivity (Wildman–Crippen MR) is 133 cm³/mol. The minimum Gasteiger partial charge on any atom is -0.481 e. The van der Waals surface area contributed by atoms with Crippen LogP contribution >= 0.6 is 0 Å². The normalized spacial score (nSPS) is 22.7. The van der Waals surface area contributed by atoms with Crippen LogP contribution in [0.2, 0.25) is 0 Å². The van der Waals surface area contributed by atoms with Crippen LogP contribution in [-0.2, 0) is 34.2 Å². The van der Waals surface area contributed by atoms with Crippen molar-refractivity contribution in [3.8, 4) is 6.07 Å². The van der Waals surface area contributed by atoms with E-state index in [-0.39, 0.29) is 24.0 Å². The number of hydrogen-bond acceptors (Lipinski definition) is 11. The highest BCUT2D eigenvalue weighted by Gasteiger charge is 2.65. The maximum atomic E-state index is 13.5. The summed E-state index contributed by atoms with van der Waals surface area (Å²) >= 11 is 0. The molecule has 0 aliphatic carbocycles. The maximum absolute atomic E-state index is 13.5. The third kappa shape index (κ3) is 4.65. The molecule has 0 saturated carbocycles. The Morgan fingerprint density at radius 1 is 1.26 bits per heavy atom. The van der Waals surface area contributed by atoms with E-state index in [0.717, 1.165) is 0 Å². The molecule has 1 aliphatic rings. The van der Waals surface area contributed by atoms with Gasteiger partial charge in [0.25, 0.3) is 0 Å². The maximum Gasteiger partial charge on any atom is 0.326 e. The third-order valence-corrected chi connectivity index (χ3v) is 7.52. The van der Waals surface area contributed by atoms with Crippen molar-refractivity contribution in [2.75, 3.05) is 19.1 Å². The van der Waals surface area contributed by atoms with Crippen molar-refractivity contribution in [1.29, 1.82) is 5.26 Å². The third-order valence-electron chi connectivity index (χ3n) is 7.52. The smallest absolute Gasteiger partial charge is 0.326 e. The minimum atomic E-state index is -1.82.